The summed E-state index contributed by atoms with van der Waals surface area (Å²) >= 11 is 0. The van der Waals surface area contributed by atoms with E-state index in [9.17, 15) is 13.2 Å². The molecule has 0 amide bonds. The Hall–Kier alpha value is -2.33. The van der Waals surface area contributed by atoms with Gasteiger partial charge in [-0.15, -0.1) is 13.2 Å². The molecule has 6 rings (SSSR count). The molecule has 0 unspecified atom stereocenters. The lowest BCUT2D eigenvalue weighted by molar-refractivity contribution is -0.274. The smallest absolute Gasteiger partial charge is 0.402 e. The highest BCUT2D eigenvalue weighted by Gasteiger charge is 2.58. The molecule has 0 bridgehead atoms. The van der Waals surface area contributed by atoms with E-state index in [2.05, 4.69) is 19.3 Å². The molecule has 1 aliphatic heterocycles. The fourth-order valence-corrected chi connectivity index (χ4v) is 5.83. The van der Waals surface area contributed by atoms with Crippen molar-refractivity contribution in [3.63, 3.8) is 0 Å². The largest absolute Gasteiger partial charge is 0.573 e. The van der Waals surface area contributed by atoms with Crippen LogP contribution in [-0.4, -0.2) is 58.4 Å². The fourth-order valence-electron chi connectivity index (χ4n) is 5.83. The van der Waals surface area contributed by atoms with Crippen molar-refractivity contribution in [2.75, 3.05) is 32.0 Å². The van der Waals surface area contributed by atoms with Crippen LogP contribution in [0.25, 0.3) is 11.3 Å². The highest BCUT2D eigenvalue weighted by atomic mass is 19.4. The predicted molar refractivity (Wildman–Crippen MR) is 114 cm³/mol. The van der Waals surface area contributed by atoms with Crippen LogP contribution < -0.4 is 10.5 Å². The van der Waals surface area contributed by atoms with Gasteiger partial charge >= 0.3 is 6.36 Å². The van der Waals surface area contributed by atoms with Gasteiger partial charge in [-0.3, -0.25) is 9.58 Å². The molecule has 2 aromatic rings. The molecule has 4 fully saturated rings. The topological polar surface area (TPSA) is 78.4 Å². The summed E-state index contributed by atoms with van der Waals surface area (Å²) in [6, 6.07) is 3.97. The van der Waals surface area contributed by atoms with Crippen LogP contribution in [0.1, 0.15) is 37.3 Å². The molecule has 4 atom stereocenters. The molecule has 3 saturated carbocycles. The van der Waals surface area contributed by atoms with Crippen molar-refractivity contribution >= 4 is 5.82 Å². The maximum atomic E-state index is 12.8. The van der Waals surface area contributed by atoms with Gasteiger partial charge in [-0.05, 0) is 55.6 Å². The van der Waals surface area contributed by atoms with Crippen LogP contribution in [0.2, 0.25) is 0 Å². The van der Waals surface area contributed by atoms with Crippen molar-refractivity contribution in [2.45, 2.75) is 50.6 Å². The molecule has 2 N–H and O–H groups in total. The quantitative estimate of drug-likeness (QED) is 0.705. The first kappa shape index (κ1) is 21.2. The first-order valence-corrected chi connectivity index (χ1v) is 11.8. The lowest BCUT2D eigenvalue weighted by atomic mass is 10.0. The van der Waals surface area contributed by atoms with E-state index in [0.29, 0.717) is 41.0 Å². The zero-order valence-electron chi connectivity index (χ0n) is 18.3. The van der Waals surface area contributed by atoms with Crippen LogP contribution in [0.3, 0.4) is 0 Å². The zero-order chi connectivity index (χ0) is 22.7. The minimum Gasteiger partial charge on any atom is -0.402 e. The van der Waals surface area contributed by atoms with Crippen molar-refractivity contribution in [1.82, 2.24) is 19.7 Å². The maximum Gasteiger partial charge on any atom is 0.573 e. The van der Waals surface area contributed by atoms with Gasteiger partial charge in [0.05, 0.1) is 18.9 Å². The molecule has 0 radical (unpaired) electrons. The number of pyridine rings is 1. The van der Waals surface area contributed by atoms with E-state index in [1.165, 1.54) is 43.6 Å². The molecule has 1 saturated heterocycles. The molecular weight excluding hydrogens is 435 g/mol. The number of hydrogen-bond acceptors (Lipinski definition) is 6. The van der Waals surface area contributed by atoms with E-state index in [-0.39, 0.29) is 5.82 Å². The molecule has 4 aliphatic rings. The third-order valence-electron chi connectivity index (χ3n) is 7.67. The van der Waals surface area contributed by atoms with Crippen LogP contribution in [-0.2, 0) is 11.3 Å². The van der Waals surface area contributed by atoms with Gasteiger partial charge in [0.2, 0.25) is 0 Å². The number of nitrogens with zero attached hydrogens (tertiary/aromatic N) is 4. The van der Waals surface area contributed by atoms with Gasteiger partial charge in [0.1, 0.15) is 0 Å². The number of hydrogen-bond donors (Lipinski definition) is 1. The number of ether oxygens (including phenoxy) is 2. The lowest BCUT2D eigenvalue weighted by Crippen LogP contribution is -2.43. The summed E-state index contributed by atoms with van der Waals surface area (Å²) in [5.74, 6) is 1.66. The van der Waals surface area contributed by atoms with E-state index < -0.39 is 12.1 Å². The SMILES string of the molecule is Nc1ncc(-c2cc([C@H]3[C@@H]4C[C@@H](N5CCOCC5)C[C@@H]43)n(CC3CC3)n2)cc1OC(F)(F)F. The number of halogens is 3. The summed E-state index contributed by atoms with van der Waals surface area (Å²) in [4.78, 5) is 6.49. The minimum absolute atomic E-state index is 0.292. The second kappa shape index (κ2) is 7.87. The van der Waals surface area contributed by atoms with Crippen molar-refractivity contribution in [2.24, 2.45) is 17.8 Å². The molecule has 3 aliphatic carbocycles. The Kier molecular flexibility index (Phi) is 5.06. The second-order valence-corrected chi connectivity index (χ2v) is 9.86. The highest BCUT2D eigenvalue weighted by molar-refractivity contribution is 5.64. The number of morpholine rings is 1. The standard InChI is InChI=1S/C23H28F3N5O2/c24-23(25,26)33-20-7-14(11-28-22(20)27)18-10-19(31(29-18)12-13-1-2-13)21-16-8-15(9-17(16)21)30-3-5-32-6-4-30/h7,10-11,13,15-17,21H,1-6,8-9,12H2,(H2,27,28)/t15-,16-,17+,21+. The van der Waals surface area contributed by atoms with Crippen LogP contribution in [0.5, 0.6) is 5.75 Å². The second-order valence-electron chi connectivity index (χ2n) is 9.86. The molecule has 3 heterocycles. The van der Waals surface area contributed by atoms with Crippen LogP contribution in [0, 0.1) is 17.8 Å². The van der Waals surface area contributed by atoms with Crippen molar-refractivity contribution in [1.29, 1.82) is 0 Å². The van der Waals surface area contributed by atoms with Crippen molar-refractivity contribution in [3.05, 3.63) is 24.0 Å². The third-order valence-corrected chi connectivity index (χ3v) is 7.67. The van der Waals surface area contributed by atoms with Gasteiger partial charge in [0.25, 0.3) is 0 Å². The molecule has 0 spiro atoms. The number of anilines is 1. The summed E-state index contributed by atoms with van der Waals surface area (Å²) < 4.78 is 49.9. The Morgan fingerprint density at radius 1 is 1.12 bits per heavy atom. The van der Waals surface area contributed by atoms with E-state index in [0.717, 1.165) is 32.8 Å². The summed E-state index contributed by atoms with van der Waals surface area (Å²) in [5, 5.41) is 4.80. The van der Waals surface area contributed by atoms with Gasteiger partial charge in [-0.1, -0.05) is 0 Å². The monoisotopic (exact) mass is 463 g/mol. The lowest BCUT2D eigenvalue weighted by Gasteiger charge is -2.33. The van der Waals surface area contributed by atoms with Crippen LogP contribution in [0.15, 0.2) is 18.3 Å². The Labute approximate surface area is 190 Å². The van der Waals surface area contributed by atoms with Crippen LogP contribution >= 0.6 is 0 Å². The Morgan fingerprint density at radius 3 is 2.52 bits per heavy atom. The van der Waals surface area contributed by atoms with E-state index in [1.54, 1.807) is 0 Å². The number of fused-ring (bicyclic) bond motifs is 1. The van der Waals surface area contributed by atoms with Gasteiger partial charge in [0.15, 0.2) is 11.6 Å². The molecule has 33 heavy (non-hydrogen) atoms. The average molecular weight is 464 g/mol. The molecule has 7 nitrogen and oxygen atoms in total. The molecular formula is C23H28F3N5O2. The molecule has 0 aromatic carbocycles. The first-order chi connectivity index (χ1) is 15.9. The van der Waals surface area contributed by atoms with Crippen LogP contribution in [0.4, 0.5) is 19.0 Å². The number of aromatic nitrogens is 3. The summed E-state index contributed by atoms with van der Waals surface area (Å²) in [6.07, 6.45) is 1.46. The fraction of sp³-hybridized carbons (Fsp3) is 0.652. The maximum absolute atomic E-state index is 12.8. The normalized spacial score (nSPS) is 29.8. The highest BCUT2D eigenvalue weighted by Crippen LogP contribution is 2.64. The number of rotatable bonds is 6. The number of nitrogens with two attached hydrogens (primary N) is 1. The number of alkyl halides is 3. The van der Waals surface area contributed by atoms with Gasteiger partial charge in [-0.2, -0.15) is 5.10 Å². The van der Waals surface area contributed by atoms with Crippen molar-refractivity contribution in [3.8, 4) is 17.0 Å². The number of nitrogen functional groups attached to an aromatic ring is 1. The molecule has 2 aromatic heterocycles. The minimum atomic E-state index is -4.83. The van der Waals surface area contributed by atoms with Gasteiger partial charge in [-0.25, -0.2) is 4.98 Å². The average Bonchev–Trinajstić information content (AvgIpc) is 3.62. The van der Waals surface area contributed by atoms with Gasteiger partial charge < -0.3 is 15.2 Å². The molecule has 10 heteroatoms. The van der Waals surface area contributed by atoms with E-state index >= 15 is 0 Å². The summed E-state index contributed by atoms with van der Waals surface area (Å²) in [7, 11) is 0. The van der Waals surface area contributed by atoms with Gasteiger partial charge in [0, 0.05) is 49.0 Å². The Bertz CT molecular complexity index is 1020. The first-order valence-electron chi connectivity index (χ1n) is 11.8. The predicted octanol–water partition coefficient (Wildman–Crippen LogP) is 3.66. The zero-order valence-corrected chi connectivity index (χ0v) is 18.3. The van der Waals surface area contributed by atoms with Crippen molar-refractivity contribution < 1.29 is 22.6 Å². The summed E-state index contributed by atoms with van der Waals surface area (Å²) in [6.45, 7) is 4.55. The summed E-state index contributed by atoms with van der Waals surface area (Å²) in [5.41, 5.74) is 7.92. The molecule has 178 valence electrons. The Balaban J connectivity index is 1.23. The third kappa shape index (κ3) is 4.30. The van der Waals surface area contributed by atoms with E-state index in [1.807, 2.05) is 6.07 Å². The van der Waals surface area contributed by atoms with E-state index in [4.69, 9.17) is 15.6 Å². The Morgan fingerprint density at radius 2 is 1.85 bits per heavy atom.